The molecule has 2 heterocycles. The Morgan fingerprint density at radius 2 is 2.12 bits per heavy atom. The number of methoxy groups -OCH3 is 1. The van der Waals surface area contributed by atoms with E-state index in [1.54, 1.807) is 7.11 Å². The van der Waals surface area contributed by atoms with Crippen LogP contribution in [0.1, 0.15) is 40.0 Å². The van der Waals surface area contributed by atoms with Crippen LogP contribution in [0, 0.1) is 5.92 Å². The number of guanidine groups is 1. The zero-order valence-corrected chi connectivity index (χ0v) is 17.0. The Labute approximate surface area is 158 Å². The molecule has 0 radical (unpaired) electrons. The van der Waals surface area contributed by atoms with Gasteiger partial charge in [-0.05, 0) is 32.7 Å². The van der Waals surface area contributed by atoms with Gasteiger partial charge in [-0.1, -0.05) is 13.8 Å². The fourth-order valence-electron chi connectivity index (χ4n) is 3.76. The molecule has 2 atom stereocenters. The minimum Gasteiger partial charge on any atom is -0.383 e. The van der Waals surface area contributed by atoms with E-state index in [0.29, 0.717) is 6.04 Å². The summed E-state index contributed by atoms with van der Waals surface area (Å²) in [6, 6.07) is 0.784. The largest absolute Gasteiger partial charge is 0.383 e. The summed E-state index contributed by atoms with van der Waals surface area (Å²) in [6.07, 6.45) is 3.42. The number of hydrogen-bond donors (Lipinski definition) is 2. The molecule has 0 saturated carbocycles. The molecule has 2 saturated heterocycles. The van der Waals surface area contributed by atoms with Crippen molar-refractivity contribution in [3.63, 3.8) is 0 Å². The second-order valence-corrected chi connectivity index (χ2v) is 7.61. The fourth-order valence-corrected chi connectivity index (χ4v) is 3.76. The number of ether oxygens (including phenoxy) is 1. The summed E-state index contributed by atoms with van der Waals surface area (Å²) in [5.41, 5.74) is 0. The van der Waals surface area contributed by atoms with E-state index < -0.39 is 0 Å². The number of likely N-dealkylation sites (tertiary alicyclic amines) is 2. The molecule has 0 bridgehead atoms. The SMILES string of the molecule is CCNC(=NCC1CCCN1CCOC)NC1CCN(C(=O)C(C)C)C1. The normalized spacial score (nSPS) is 24.5. The van der Waals surface area contributed by atoms with E-state index in [0.717, 1.165) is 58.3 Å². The topological polar surface area (TPSA) is 69.2 Å². The zero-order valence-electron chi connectivity index (χ0n) is 17.0. The molecule has 7 heteroatoms. The Kier molecular flexibility index (Phi) is 8.65. The molecule has 2 unspecified atom stereocenters. The first kappa shape index (κ1) is 21.0. The van der Waals surface area contributed by atoms with Crippen molar-refractivity contribution in [1.29, 1.82) is 0 Å². The summed E-state index contributed by atoms with van der Waals surface area (Å²) in [4.78, 5) is 21.4. The summed E-state index contributed by atoms with van der Waals surface area (Å²) in [5, 5.41) is 6.87. The van der Waals surface area contributed by atoms with Gasteiger partial charge in [-0.2, -0.15) is 0 Å². The van der Waals surface area contributed by atoms with E-state index in [9.17, 15) is 4.79 Å². The number of nitrogens with one attached hydrogen (secondary N) is 2. The highest BCUT2D eigenvalue weighted by atomic mass is 16.5. The van der Waals surface area contributed by atoms with Crippen LogP contribution in [0.4, 0.5) is 0 Å². The first-order chi connectivity index (χ1) is 12.5. The van der Waals surface area contributed by atoms with Gasteiger partial charge in [-0.3, -0.25) is 14.7 Å². The summed E-state index contributed by atoms with van der Waals surface area (Å²) < 4.78 is 5.22. The molecule has 0 spiro atoms. The lowest BCUT2D eigenvalue weighted by atomic mass is 10.2. The van der Waals surface area contributed by atoms with Crippen molar-refractivity contribution in [3.05, 3.63) is 0 Å². The summed E-state index contributed by atoms with van der Waals surface area (Å²) in [7, 11) is 1.76. The molecule has 2 fully saturated rings. The molecule has 2 N–H and O–H groups in total. The van der Waals surface area contributed by atoms with E-state index in [1.807, 2.05) is 18.7 Å². The molecule has 7 nitrogen and oxygen atoms in total. The number of carbonyl (C=O) groups excluding carboxylic acids is 1. The molecule has 2 aliphatic rings. The van der Waals surface area contributed by atoms with E-state index in [1.165, 1.54) is 12.8 Å². The van der Waals surface area contributed by atoms with Crippen molar-refractivity contribution < 1.29 is 9.53 Å². The minimum atomic E-state index is 0.0658. The van der Waals surface area contributed by atoms with Crippen LogP contribution in [0.2, 0.25) is 0 Å². The maximum absolute atomic E-state index is 12.2. The van der Waals surface area contributed by atoms with Crippen LogP contribution in [-0.2, 0) is 9.53 Å². The predicted octanol–water partition coefficient (Wildman–Crippen LogP) is 0.909. The van der Waals surface area contributed by atoms with Gasteiger partial charge in [0.05, 0.1) is 13.2 Å². The van der Waals surface area contributed by atoms with Crippen molar-refractivity contribution in [3.8, 4) is 0 Å². The molecular formula is C19H37N5O2. The molecule has 2 rings (SSSR count). The first-order valence-corrected chi connectivity index (χ1v) is 10.1. The van der Waals surface area contributed by atoms with Gasteiger partial charge in [-0.15, -0.1) is 0 Å². The standard InChI is InChI=1S/C19H37N5O2/c1-5-20-19(21-13-17-7-6-9-23(17)11-12-26-4)22-16-8-10-24(14-16)18(25)15(2)3/h15-17H,5-14H2,1-4H3,(H2,20,21,22). The van der Waals surface area contributed by atoms with Gasteiger partial charge in [0.15, 0.2) is 5.96 Å². The monoisotopic (exact) mass is 367 g/mol. The van der Waals surface area contributed by atoms with E-state index in [2.05, 4.69) is 22.5 Å². The van der Waals surface area contributed by atoms with Crippen molar-refractivity contribution >= 4 is 11.9 Å². The van der Waals surface area contributed by atoms with Gasteiger partial charge in [-0.25, -0.2) is 0 Å². The van der Waals surface area contributed by atoms with Crippen molar-refractivity contribution in [1.82, 2.24) is 20.4 Å². The van der Waals surface area contributed by atoms with Gasteiger partial charge >= 0.3 is 0 Å². The van der Waals surface area contributed by atoms with Crippen LogP contribution in [-0.4, -0.2) is 86.7 Å². The van der Waals surface area contributed by atoms with E-state index in [-0.39, 0.29) is 17.9 Å². The van der Waals surface area contributed by atoms with Crippen LogP contribution in [0.5, 0.6) is 0 Å². The Balaban J connectivity index is 1.86. The maximum atomic E-state index is 12.2. The highest BCUT2D eigenvalue weighted by molar-refractivity contribution is 5.81. The predicted molar refractivity (Wildman–Crippen MR) is 105 cm³/mol. The molecule has 26 heavy (non-hydrogen) atoms. The second-order valence-electron chi connectivity index (χ2n) is 7.61. The lowest BCUT2D eigenvalue weighted by Gasteiger charge is -2.24. The first-order valence-electron chi connectivity index (χ1n) is 10.1. The number of carbonyl (C=O) groups is 1. The van der Waals surface area contributed by atoms with Crippen molar-refractivity contribution in [2.45, 2.75) is 52.1 Å². The quantitative estimate of drug-likeness (QED) is 0.493. The Morgan fingerprint density at radius 3 is 2.81 bits per heavy atom. The average Bonchev–Trinajstić information content (AvgIpc) is 3.26. The third kappa shape index (κ3) is 6.13. The highest BCUT2D eigenvalue weighted by Crippen LogP contribution is 2.17. The van der Waals surface area contributed by atoms with Crippen LogP contribution < -0.4 is 10.6 Å². The Hall–Kier alpha value is -1.34. The zero-order chi connectivity index (χ0) is 18.9. The van der Waals surface area contributed by atoms with Crippen LogP contribution in [0.3, 0.4) is 0 Å². The maximum Gasteiger partial charge on any atom is 0.225 e. The molecule has 0 aromatic carbocycles. The molecular weight excluding hydrogens is 330 g/mol. The van der Waals surface area contributed by atoms with E-state index >= 15 is 0 Å². The molecule has 2 aliphatic heterocycles. The van der Waals surface area contributed by atoms with E-state index in [4.69, 9.17) is 9.73 Å². The lowest BCUT2D eigenvalue weighted by Crippen LogP contribution is -2.46. The molecule has 1 amide bonds. The molecule has 0 aliphatic carbocycles. The van der Waals surface area contributed by atoms with Gasteiger partial charge < -0.3 is 20.3 Å². The smallest absolute Gasteiger partial charge is 0.225 e. The summed E-state index contributed by atoms with van der Waals surface area (Å²) in [5.74, 6) is 1.18. The number of rotatable bonds is 8. The fraction of sp³-hybridized carbons (Fsp3) is 0.895. The van der Waals surface area contributed by atoms with Crippen LogP contribution in [0.25, 0.3) is 0 Å². The van der Waals surface area contributed by atoms with Gasteiger partial charge in [0.25, 0.3) is 0 Å². The molecule has 150 valence electrons. The number of amides is 1. The summed E-state index contributed by atoms with van der Waals surface area (Å²) >= 11 is 0. The Bertz CT molecular complexity index is 469. The van der Waals surface area contributed by atoms with Crippen molar-refractivity contribution in [2.75, 3.05) is 53.0 Å². The summed E-state index contributed by atoms with van der Waals surface area (Å²) in [6.45, 7) is 12.2. The number of hydrogen-bond acceptors (Lipinski definition) is 4. The average molecular weight is 368 g/mol. The third-order valence-electron chi connectivity index (χ3n) is 5.22. The van der Waals surface area contributed by atoms with Gasteiger partial charge in [0.1, 0.15) is 0 Å². The highest BCUT2D eigenvalue weighted by Gasteiger charge is 2.28. The number of nitrogens with zero attached hydrogens (tertiary/aromatic N) is 3. The van der Waals surface area contributed by atoms with Gasteiger partial charge in [0.2, 0.25) is 5.91 Å². The third-order valence-corrected chi connectivity index (χ3v) is 5.22. The van der Waals surface area contributed by atoms with Crippen LogP contribution in [0.15, 0.2) is 4.99 Å². The second kappa shape index (κ2) is 10.7. The molecule has 0 aromatic heterocycles. The minimum absolute atomic E-state index is 0.0658. The lowest BCUT2D eigenvalue weighted by molar-refractivity contribution is -0.133. The molecule has 0 aromatic rings. The van der Waals surface area contributed by atoms with Gasteiger partial charge in [0, 0.05) is 51.3 Å². The Morgan fingerprint density at radius 1 is 1.31 bits per heavy atom. The van der Waals surface area contributed by atoms with Crippen molar-refractivity contribution in [2.24, 2.45) is 10.9 Å². The number of aliphatic imine (C=N–C) groups is 1. The van der Waals surface area contributed by atoms with Crippen LogP contribution >= 0.6 is 0 Å².